The topological polar surface area (TPSA) is 136 Å². The Hall–Kier alpha value is -2.56. The number of carboxylic acid groups (broad SMARTS) is 1. The van der Waals surface area contributed by atoms with Gasteiger partial charge >= 0.3 is 16.3 Å². The Morgan fingerprint density at radius 1 is 1.48 bits per heavy atom. The van der Waals surface area contributed by atoms with Crippen molar-refractivity contribution in [1.29, 1.82) is 0 Å². The lowest BCUT2D eigenvalue weighted by Crippen LogP contribution is -2.39. The summed E-state index contributed by atoms with van der Waals surface area (Å²) in [6, 6.07) is 0.732. The van der Waals surface area contributed by atoms with Crippen LogP contribution in [0, 0.1) is 5.82 Å². The molecule has 2 amide bonds. The second-order valence-electron chi connectivity index (χ2n) is 6.15. The first-order valence-electron chi connectivity index (χ1n) is 7.47. The fraction of sp³-hybridized carbons (Fsp3) is 0.429. The third-order valence-corrected chi connectivity index (χ3v) is 5.75. The Morgan fingerprint density at radius 2 is 2.16 bits per heavy atom. The normalized spacial score (nSPS) is 24.6. The Morgan fingerprint density at radius 3 is 2.72 bits per heavy atom. The van der Waals surface area contributed by atoms with Crippen molar-refractivity contribution < 1.29 is 32.6 Å². The zero-order chi connectivity index (χ0) is 18.5. The second kappa shape index (κ2) is 5.76. The lowest BCUT2D eigenvalue weighted by molar-refractivity contribution is -0.117. The quantitative estimate of drug-likeness (QED) is 0.592. The van der Waals surface area contributed by atoms with Gasteiger partial charge in [-0.15, -0.1) is 0 Å². The number of carbonyl (C=O) groups excluding carboxylic acids is 1. The zero-order valence-electron chi connectivity index (χ0n) is 13.1. The predicted molar refractivity (Wildman–Crippen MR) is 84.2 cm³/mol. The molecule has 1 aromatic carbocycles. The van der Waals surface area contributed by atoms with E-state index in [9.17, 15) is 23.1 Å². The largest absolute Gasteiger partial charge is 0.506 e. The molecule has 0 spiro atoms. The van der Waals surface area contributed by atoms with Crippen molar-refractivity contribution >= 4 is 27.9 Å². The minimum atomic E-state index is -4.28. The van der Waals surface area contributed by atoms with Crippen LogP contribution in [0.15, 0.2) is 6.07 Å². The van der Waals surface area contributed by atoms with Gasteiger partial charge in [0, 0.05) is 6.04 Å². The molecule has 0 unspecified atom stereocenters. The van der Waals surface area contributed by atoms with E-state index in [0.717, 1.165) is 0 Å². The number of carbonyl (C=O) groups is 2. The number of hydrogen-bond acceptors (Lipinski definition) is 5. The fourth-order valence-corrected chi connectivity index (χ4v) is 4.55. The number of anilines is 1. The van der Waals surface area contributed by atoms with Crippen LogP contribution in [-0.2, 0) is 21.4 Å². The van der Waals surface area contributed by atoms with Crippen molar-refractivity contribution in [2.75, 3.05) is 10.8 Å². The molecule has 1 fully saturated rings. The minimum absolute atomic E-state index is 0.0142. The van der Waals surface area contributed by atoms with Gasteiger partial charge in [0.05, 0.1) is 0 Å². The molecule has 0 bridgehead atoms. The molecule has 1 heterocycles. The Bertz CT molecular complexity index is 872. The number of benzene rings is 1. The minimum Gasteiger partial charge on any atom is -0.506 e. The molecule has 4 N–H and O–H groups in total. The summed E-state index contributed by atoms with van der Waals surface area (Å²) >= 11 is 0. The number of nitrogens with zero attached hydrogens (tertiary/aromatic N) is 1. The number of halogens is 1. The van der Waals surface area contributed by atoms with Crippen LogP contribution in [-0.4, -0.2) is 43.2 Å². The molecule has 1 saturated heterocycles. The number of phenols is 1. The van der Waals surface area contributed by atoms with Crippen LogP contribution >= 0.6 is 0 Å². The van der Waals surface area contributed by atoms with Crippen LogP contribution in [0.25, 0.3) is 0 Å². The molecule has 1 aliphatic heterocycles. The molecular formula is C14H16FN3O6S. The molecule has 25 heavy (non-hydrogen) atoms. The number of fused-ring (bicyclic) bond motifs is 1. The van der Waals surface area contributed by atoms with Crippen LogP contribution < -0.4 is 14.3 Å². The van der Waals surface area contributed by atoms with Gasteiger partial charge in [-0.1, -0.05) is 6.92 Å². The van der Waals surface area contributed by atoms with Gasteiger partial charge < -0.3 is 15.5 Å². The second-order valence-corrected chi connectivity index (χ2v) is 7.75. The van der Waals surface area contributed by atoms with E-state index >= 15 is 4.39 Å². The monoisotopic (exact) mass is 373 g/mol. The number of aromatic hydroxyl groups is 1. The van der Waals surface area contributed by atoms with Crippen LogP contribution in [0.4, 0.5) is 14.9 Å². The molecular weight excluding hydrogens is 357 g/mol. The number of nitrogens with one attached hydrogen (secondary N) is 2. The Balaban J connectivity index is 2.09. The molecule has 9 nitrogen and oxygen atoms in total. The fourth-order valence-electron chi connectivity index (χ4n) is 3.38. The first-order valence-corrected chi connectivity index (χ1v) is 8.91. The zero-order valence-corrected chi connectivity index (χ0v) is 13.9. The summed E-state index contributed by atoms with van der Waals surface area (Å²) in [7, 11) is -4.28. The first kappa shape index (κ1) is 17.3. The molecule has 11 heteroatoms. The number of amides is 2. The lowest BCUT2D eigenvalue weighted by Gasteiger charge is -2.31. The Kier molecular flexibility index (Phi) is 3.98. The van der Waals surface area contributed by atoms with E-state index in [4.69, 9.17) is 5.11 Å². The molecule has 0 aromatic heterocycles. The summed E-state index contributed by atoms with van der Waals surface area (Å²) in [5.74, 6) is -2.65. The summed E-state index contributed by atoms with van der Waals surface area (Å²) < 4.78 is 41.1. The summed E-state index contributed by atoms with van der Waals surface area (Å²) in [6.45, 7) is 1.11. The maximum absolute atomic E-state index is 15.0. The van der Waals surface area contributed by atoms with Gasteiger partial charge in [-0.2, -0.15) is 8.42 Å². The molecule has 136 valence electrons. The predicted octanol–water partition coefficient (Wildman–Crippen LogP) is 0.398. The molecule has 0 saturated carbocycles. The number of phenolic OH excluding ortho intramolecular Hbond substituents is 1. The average Bonchev–Trinajstić information content (AvgIpc) is 2.73. The maximum Gasteiger partial charge on any atom is 0.404 e. The molecule has 2 atom stereocenters. The van der Waals surface area contributed by atoms with E-state index < -0.39 is 52.1 Å². The smallest absolute Gasteiger partial charge is 0.404 e. The Labute approximate surface area is 142 Å². The van der Waals surface area contributed by atoms with Gasteiger partial charge in [-0.25, -0.2) is 18.2 Å². The van der Waals surface area contributed by atoms with Crippen LogP contribution in [0.2, 0.25) is 0 Å². The maximum atomic E-state index is 15.0. The summed E-state index contributed by atoms with van der Waals surface area (Å²) in [4.78, 5) is 22.2. The molecule has 0 radical (unpaired) electrons. The third kappa shape index (κ3) is 2.95. The lowest BCUT2D eigenvalue weighted by atomic mass is 9.80. The van der Waals surface area contributed by atoms with Gasteiger partial charge in [-0.05, 0) is 36.0 Å². The van der Waals surface area contributed by atoms with E-state index in [1.54, 1.807) is 11.6 Å². The van der Waals surface area contributed by atoms with Crippen LogP contribution in [0.1, 0.15) is 30.4 Å². The van der Waals surface area contributed by atoms with Gasteiger partial charge in [-0.3, -0.25) is 4.79 Å². The third-order valence-electron chi connectivity index (χ3n) is 4.37. The molecule has 3 rings (SSSR count). The van der Waals surface area contributed by atoms with Crippen LogP contribution in [0.3, 0.4) is 0 Å². The molecule has 1 aliphatic carbocycles. The van der Waals surface area contributed by atoms with Crippen molar-refractivity contribution in [2.45, 2.75) is 31.7 Å². The molecule has 1 aromatic rings. The van der Waals surface area contributed by atoms with Crippen molar-refractivity contribution in [2.24, 2.45) is 0 Å². The van der Waals surface area contributed by atoms with E-state index in [2.05, 4.69) is 5.32 Å². The highest BCUT2D eigenvalue weighted by Crippen LogP contribution is 2.42. The van der Waals surface area contributed by atoms with E-state index in [1.807, 2.05) is 0 Å². The van der Waals surface area contributed by atoms with Gasteiger partial charge in [0.1, 0.15) is 18.0 Å². The summed E-state index contributed by atoms with van der Waals surface area (Å²) in [6.07, 6.45) is -0.808. The molecule has 2 aliphatic rings. The highest BCUT2D eigenvalue weighted by molar-refractivity contribution is 7.92. The van der Waals surface area contributed by atoms with Gasteiger partial charge in [0.15, 0.2) is 5.82 Å². The van der Waals surface area contributed by atoms with Gasteiger partial charge in [0.2, 0.25) is 0 Å². The number of rotatable bonds is 2. The van der Waals surface area contributed by atoms with Crippen molar-refractivity contribution in [3.8, 4) is 5.75 Å². The van der Waals surface area contributed by atoms with E-state index in [1.165, 1.54) is 6.07 Å². The van der Waals surface area contributed by atoms with E-state index in [-0.39, 0.29) is 17.9 Å². The standard InChI is InChI=1S/C14H16FN3O6S/c1-6-2-7(16-14(21)22)3-9-8(6)4-10(19)13(12(9)15)18-5-11(20)17-25(18,23)24/h4,6-7,16,19H,2-3,5H2,1H3,(H,17,20)(H,21,22)/t6-,7+/m0/s1. The highest BCUT2D eigenvalue weighted by Gasteiger charge is 2.39. The van der Waals surface area contributed by atoms with Crippen molar-refractivity contribution in [3.63, 3.8) is 0 Å². The van der Waals surface area contributed by atoms with Crippen LogP contribution in [0.5, 0.6) is 5.75 Å². The summed E-state index contributed by atoms with van der Waals surface area (Å²) in [5, 5.41) is 21.3. The van der Waals surface area contributed by atoms with E-state index in [0.29, 0.717) is 16.3 Å². The first-order chi connectivity index (χ1) is 11.6. The highest BCUT2D eigenvalue weighted by atomic mass is 32.2. The van der Waals surface area contributed by atoms with Crippen molar-refractivity contribution in [1.82, 2.24) is 10.0 Å². The van der Waals surface area contributed by atoms with Crippen molar-refractivity contribution in [3.05, 3.63) is 23.0 Å². The number of hydrogen-bond donors (Lipinski definition) is 4. The summed E-state index contributed by atoms with van der Waals surface area (Å²) in [5.41, 5.74) is -0.00167. The van der Waals surface area contributed by atoms with Gasteiger partial charge in [0.25, 0.3) is 5.91 Å². The SMILES string of the molecule is C[C@H]1C[C@@H](NC(=O)O)Cc2c1cc(O)c(N1CC(=O)NS1(=O)=O)c2F. The average molecular weight is 373 g/mol.